The van der Waals surface area contributed by atoms with Crippen molar-refractivity contribution in [2.75, 3.05) is 19.6 Å². The van der Waals surface area contributed by atoms with Gasteiger partial charge in [0.15, 0.2) is 0 Å². The van der Waals surface area contributed by atoms with E-state index in [1.165, 1.54) is 0 Å². The Labute approximate surface area is 237 Å². The fraction of sp³-hybridized carbons (Fsp3) is 0.467. The highest BCUT2D eigenvalue weighted by Gasteiger charge is 2.48. The van der Waals surface area contributed by atoms with E-state index >= 15 is 0 Å². The lowest BCUT2D eigenvalue weighted by molar-refractivity contribution is -0.201. The molecule has 1 saturated carbocycles. The SMILES string of the molecule is C=CC(=O)N1CCN([C@H]2CCC[C@@H](N=C3CCC/C=C(c4c[nH]c5ccccc45)\C(Cl)=C/N3)C2)CC1C(F)(F)F. The number of nitrogens with zero attached hydrogens (tertiary/aromatic N) is 3. The number of amidine groups is 1. The Morgan fingerprint density at radius 3 is 2.80 bits per heavy atom. The highest BCUT2D eigenvalue weighted by atomic mass is 35.5. The third-order valence-electron chi connectivity index (χ3n) is 8.19. The maximum Gasteiger partial charge on any atom is 0.410 e. The molecule has 1 amide bonds. The van der Waals surface area contributed by atoms with Crippen molar-refractivity contribution in [1.82, 2.24) is 20.1 Å². The van der Waals surface area contributed by atoms with Gasteiger partial charge in [0.25, 0.3) is 0 Å². The first-order valence-electron chi connectivity index (χ1n) is 13.9. The number of H-pyrrole nitrogens is 1. The van der Waals surface area contributed by atoms with E-state index in [-0.39, 0.29) is 25.2 Å². The first kappa shape index (κ1) is 28.5. The molecule has 1 saturated heterocycles. The van der Waals surface area contributed by atoms with Gasteiger partial charge in [-0.1, -0.05) is 42.5 Å². The van der Waals surface area contributed by atoms with Gasteiger partial charge in [-0.15, -0.1) is 0 Å². The minimum Gasteiger partial charge on any atom is -0.361 e. The van der Waals surface area contributed by atoms with Crippen LogP contribution in [-0.2, 0) is 4.79 Å². The highest BCUT2D eigenvalue weighted by Crippen LogP contribution is 2.34. The number of aromatic nitrogens is 1. The molecule has 3 aliphatic rings. The van der Waals surface area contributed by atoms with E-state index in [0.717, 1.165) is 77.4 Å². The number of piperazine rings is 1. The number of aliphatic imine (C=N–C) groups is 1. The molecule has 0 spiro atoms. The van der Waals surface area contributed by atoms with Crippen molar-refractivity contribution in [3.05, 3.63) is 66.0 Å². The lowest BCUT2D eigenvalue weighted by atomic mass is 9.89. The van der Waals surface area contributed by atoms with Gasteiger partial charge in [0.1, 0.15) is 11.9 Å². The summed E-state index contributed by atoms with van der Waals surface area (Å²) in [5.41, 5.74) is 3.08. The predicted molar refractivity (Wildman–Crippen MR) is 154 cm³/mol. The van der Waals surface area contributed by atoms with Crippen LogP contribution in [0, 0.1) is 0 Å². The number of aromatic amines is 1. The summed E-state index contributed by atoms with van der Waals surface area (Å²) in [4.78, 5) is 23.2. The van der Waals surface area contributed by atoms with Gasteiger partial charge < -0.3 is 15.2 Å². The van der Waals surface area contributed by atoms with Crippen LogP contribution in [-0.4, -0.2) is 70.5 Å². The number of para-hydroxylation sites is 1. The van der Waals surface area contributed by atoms with Gasteiger partial charge in [-0.3, -0.25) is 14.7 Å². The molecule has 2 N–H and O–H groups in total. The van der Waals surface area contributed by atoms with E-state index in [4.69, 9.17) is 16.6 Å². The van der Waals surface area contributed by atoms with Crippen LogP contribution in [0.4, 0.5) is 13.2 Å². The van der Waals surface area contributed by atoms with Crippen molar-refractivity contribution in [3.63, 3.8) is 0 Å². The van der Waals surface area contributed by atoms with E-state index in [9.17, 15) is 18.0 Å². The molecule has 1 aromatic carbocycles. The number of rotatable bonds is 4. The summed E-state index contributed by atoms with van der Waals surface area (Å²) in [6.07, 6.45) is 8.26. The molecule has 3 atom stereocenters. The number of halogens is 4. The zero-order valence-corrected chi connectivity index (χ0v) is 23.1. The summed E-state index contributed by atoms with van der Waals surface area (Å²) in [6, 6.07) is 6.32. The Morgan fingerprint density at radius 2 is 2.00 bits per heavy atom. The maximum absolute atomic E-state index is 13.8. The second kappa shape index (κ2) is 12.2. The summed E-state index contributed by atoms with van der Waals surface area (Å²) in [6.45, 7) is 3.62. The number of alkyl halides is 3. The summed E-state index contributed by atoms with van der Waals surface area (Å²) in [7, 11) is 0. The zero-order valence-electron chi connectivity index (χ0n) is 22.4. The Bertz CT molecular complexity index is 1330. The fourth-order valence-corrected chi connectivity index (χ4v) is 6.38. The molecule has 5 rings (SSSR count). The van der Waals surface area contributed by atoms with Crippen LogP contribution in [0.3, 0.4) is 0 Å². The van der Waals surface area contributed by atoms with Crippen LogP contribution in [0.1, 0.15) is 50.5 Å². The third kappa shape index (κ3) is 6.31. The molecular weight excluding hydrogens is 539 g/mol. The maximum atomic E-state index is 13.8. The van der Waals surface area contributed by atoms with E-state index < -0.39 is 18.1 Å². The van der Waals surface area contributed by atoms with E-state index in [2.05, 4.69) is 29.0 Å². The number of nitrogens with one attached hydrogen (secondary N) is 2. The Balaban J connectivity index is 1.27. The fourth-order valence-electron chi connectivity index (χ4n) is 6.15. The van der Waals surface area contributed by atoms with Crippen molar-refractivity contribution in [3.8, 4) is 0 Å². The molecule has 3 heterocycles. The van der Waals surface area contributed by atoms with Gasteiger partial charge >= 0.3 is 6.18 Å². The quantitative estimate of drug-likeness (QED) is 0.418. The van der Waals surface area contributed by atoms with Crippen molar-refractivity contribution < 1.29 is 18.0 Å². The van der Waals surface area contributed by atoms with Crippen LogP contribution >= 0.6 is 11.6 Å². The van der Waals surface area contributed by atoms with Crippen molar-refractivity contribution in [2.24, 2.45) is 4.99 Å². The Morgan fingerprint density at radius 1 is 1.18 bits per heavy atom. The number of benzene rings is 1. The second-order valence-corrected chi connectivity index (χ2v) is 11.1. The number of fused-ring (bicyclic) bond motifs is 1. The van der Waals surface area contributed by atoms with Gasteiger partial charge in [-0.05, 0) is 56.2 Å². The first-order chi connectivity index (χ1) is 19.2. The van der Waals surface area contributed by atoms with Crippen LogP contribution in [0.5, 0.6) is 0 Å². The van der Waals surface area contributed by atoms with Crippen LogP contribution in [0.25, 0.3) is 16.5 Å². The third-order valence-corrected chi connectivity index (χ3v) is 8.50. The molecule has 2 aromatic rings. The van der Waals surface area contributed by atoms with Gasteiger partial charge in [-0.2, -0.15) is 13.2 Å². The summed E-state index contributed by atoms with van der Waals surface area (Å²) >= 11 is 6.78. The lowest BCUT2D eigenvalue weighted by Gasteiger charge is -2.46. The normalized spacial score (nSPS) is 28.9. The molecule has 0 bridgehead atoms. The summed E-state index contributed by atoms with van der Waals surface area (Å²) < 4.78 is 41.5. The van der Waals surface area contributed by atoms with Crippen LogP contribution in [0.2, 0.25) is 0 Å². The van der Waals surface area contributed by atoms with Gasteiger partial charge in [0.2, 0.25) is 5.91 Å². The Kier molecular flexibility index (Phi) is 8.71. The molecule has 1 aliphatic carbocycles. The molecule has 214 valence electrons. The number of amides is 1. The minimum absolute atomic E-state index is 0.000428. The first-order valence-corrected chi connectivity index (χ1v) is 14.3. The summed E-state index contributed by atoms with van der Waals surface area (Å²) in [5.74, 6) is 0.183. The van der Waals surface area contributed by atoms with Crippen LogP contribution < -0.4 is 5.32 Å². The number of hydrogen-bond acceptors (Lipinski definition) is 3. The standard InChI is InChI=1S/C30H35ClF3N5O/c1-2-29(40)39-15-14-38(19-27(39)30(32,33)34)21-9-7-8-20(16-21)37-28-13-6-4-10-22(25(31)18-36-28)24-17-35-26-12-5-3-11-23(24)26/h2-3,5,10-12,17-18,20-21,27,35H,1,4,6-9,13-16,19H2,(H,36,37)/b22-10-,25-18+/t20-,21+,27?/m1/s1. The highest BCUT2D eigenvalue weighted by molar-refractivity contribution is 6.37. The van der Waals surface area contributed by atoms with Gasteiger partial charge in [-0.25, -0.2) is 0 Å². The molecule has 10 heteroatoms. The lowest BCUT2D eigenvalue weighted by Crippen LogP contribution is -2.62. The smallest absolute Gasteiger partial charge is 0.361 e. The molecule has 2 fully saturated rings. The molecule has 6 nitrogen and oxygen atoms in total. The molecule has 1 aromatic heterocycles. The monoisotopic (exact) mass is 573 g/mol. The molecule has 1 unspecified atom stereocenters. The second-order valence-electron chi connectivity index (χ2n) is 10.7. The molecule has 0 radical (unpaired) electrons. The van der Waals surface area contributed by atoms with Crippen molar-refractivity contribution in [1.29, 1.82) is 0 Å². The molecular formula is C30H35ClF3N5O. The topological polar surface area (TPSA) is 63.7 Å². The number of carbonyl (C=O) groups is 1. The molecule has 40 heavy (non-hydrogen) atoms. The average Bonchev–Trinajstić information content (AvgIpc) is 3.40. The minimum atomic E-state index is -4.49. The number of hydrogen-bond donors (Lipinski definition) is 2. The largest absolute Gasteiger partial charge is 0.410 e. The van der Waals surface area contributed by atoms with E-state index in [1.54, 1.807) is 6.20 Å². The van der Waals surface area contributed by atoms with E-state index in [0.29, 0.717) is 18.0 Å². The number of allylic oxidation sites excluding steroid dienone is 3. The predicted octanol–water partition coefficient (Wildman–Crippen LogP) is 6.38. The van der Waals surface area contributed by atoms with Crippen molar-refractivity contribution >= 4 is 39.8 Å². The Hall–Kier alpha value is -3.04. The molecule has 2 aliphatic heterocycles. The van der Waals surface area contributed by atoms with Crippen LogP contribution in [0.15, 0.2) is 65.4 Å². The van der Waals surface area contributed by atoms with Gasteiger partial charge in [0, 0.05) is 61.0 Å². The van der Waals surface area contributed by atoms with Gasteiger partial charge in [0.05, 0.1) is 11.1 Å². The number of carbonyl (C=O) groups excluding carboxylic acids is 1. The average molecular weight is 574 g/mol. The van der Waals surface area contributed by atoms with E-state index in [1.807, 2.05) is 29.3 Å². The van der Waals surface area contributed by atoms with Crippen molar-refractivity contribution in [2.45, 2.75) is 69.2 Å². The zero-order chi connectivity index (χ0) is 28.3. The summed E-state index contributed by atoms with van der Waals surface area (Å²) in [5, 5.41) is 5.05.